The second kappa shape index (κ2) is 7.14. The van der Waals surface area contributed by atoms with Crippen LogP contribution >= 0.6 is 11.8 Å². The lowest BCUT2D eigenvalue weighted by Gasteiger charge is -2.22. The molecule has 1 aromatic heterocycles. The number of hydrogen-bond acceptors (Lipinski definition) is 5. The first-order valence-corrected chi connectivity index (χ1v) is 8.55. The second-order valence-electron chi connectivity index (χ2n) is 5.44. The molecule has 2 aromatic rings. The van der Waals surface area contributed by atoms with Gasteiger partial charge in [0.05, 0.1) is 22.8 Å². The summed E-state index contributed by atoms with van der Waals surface area (Å²) in [6.45, 7) is 4.45. The van der Waals surface area contributed by atoms with Gasteiger partial charge in [0, 0.05) is 19.7 Å². The van der Waals surface area contributed by atoms with Gasteiger partial charge >= 0.3 is 0 Å². The van der Waals surface area contributed by atoms with Crippen LogP contribution < -0.4 is 5.56 Å². The number of benzene rings is 1. The first-order chi connectivity index (χ1) is 11.1. The summed E-state index contributed by atoms with van der Waals surface area (Å²) in [7, 11) is 0. The van der Waals surface area contributed by atoms with E-state index >= 15 is 0 Å². The molecule has 0 spiro atoms. The minimum absolute atomic E-state index is 0.0521. The quantitative estimate of drug-likeness (QED) is 0.683. The Labute approximate surface area is 138 Å². The minimum atomic E-state index is -0.308. The second-order valence-corrected chi connectivity index (χ2v) is 6.77. The van der Waals surface area contributed by atoms with Crippen LogP contribution in [0, 0.1) is 0 Å². The number of aromatic amines is 1. The van der Waals surface area contributed by atoms with E-state index in [1.807, 2.05) is 17.9 Å². The number of carbonyl (C=O) groups is 1. The normalized spacial score (nSPS) is 17.0. The van der Waals surface area contributed by atoms with E-state index in [0.29, 0.717) is 42.4 Å². The maximum absolute atomic E-state index is 12.5. The summed E-state index contributed by atoms with van der Waals surface area (Å²) in [6.07, 6.45) is 0.855. The summed E-state index contributed by atoms with van der Waals surface area (Å²) in [5.41, 5.74) is 0.461. The molecule has 1 aliphatic rings. The third-order valence-electron chi connectivity index (χ3n) is 3.76. The zero-order valence-corrected chi connectivity index (χ0v) is 13.8. The molecule has 122 valence electrons. The Morgan fingerprint density at radius 1 is 1.35 bits per heavy atom. The number of hydrogen-bond donors (Lipinski definition) is 1. The average molecular weight is 333 g/mol. The summed E-state index contributed by atoms with van der Waals surface area (Å²) in [5.74, 6) is 0.0521. The number of ether oxygens (including phenoxy) is 1. The van der Waals surface area contributed by atoms with Crippen molar-refractivity contribution in [2.45, 2.75) is 23.8 Å². The fraction of sp³-hybridized carbons (Fsp3) is 0.438. The fourth-order valence-electron chi connectivity index (χ4n) is 2.56. The highest BCUT2D eigenvalue weighted by Gasteiger charge is 2.23. The molecule has 1 atom stereocenters. The first-order valence-electron chi connectivity index (χ1n) is 7.67. The van der Waals surface area contributed by atoms with Crippen molar-refractivity contribution < 1.29 is 9.53 Å². The molecule has 23 heavy (non-hydrogen) atoms. The van der Waals surface area contributed by atoms with E-state index in [1.165, 1.54) is 11.8 Å². The highest BCUT2D eigenvalue weighted by molar-refractivity contribution is 8.00. The molecule has 0 radical (unpaired) electrons. The van der Waals surface area contributed by atoms with Crippen LogP contribution in [0.2, 0.25) is 0 Å². The molecule has 1 fully saturated rings. The van der Waals surface area contributed by atoms with Crippen molar-refractivity contribution in [1.29, 1.82) is 0 Å². The van der Waals surface area contributed by atoms with E-state index in [2.05, 4.69) is 9.97 Å². The van der Waals surface area contributed by atoms with Crippen molar-refractivity contribution in [2.75, 3.05) is 26.3 Å². The zero-order chi connectivity index (χ0) is 16.2. The predicted molar refractivity (Wildman–Crippen MR) is 89.7 cm³/mol. The van der Waals surface area contributed by atoms with Gasteiger partial charge in [-0.15, -0.1) is 0 Å². The summed E-state index contributed by atoms with van der Waals surface area (Å²) >= 11 is 1.28. The topological polar surface area (TPSA) is 75.3 Å². The van der Waals surface area contributed by atoms with Crippen LogP contribution in [0.5, 0.6) is 0 Å². The Bertz CT molecular complexity index is 754. The lowest BCUT2D eigenvalue weighted by Crippen LogP contribution is -2.38. The minimum Gasteiger partial charge on any atom is -0.380 e. The Morgan fingerprint density at radius 3 is 3.04 bits per heavy atom. The highest BCUT2D eigenvalue weighted by Crippen LogP contribution is 2.22. The first kappa shape index (κ1) is 16.0. The van der Waals surface area contributed by atoms with Gasteiger partial charge in [0.15, 0.2) is 5.16 Å². The van der Waals surface area contributed by atoms with Gasteiger partial charge in [-0.2, -0.15) is 0 Å². The molecule has 1 aromatic carbocycles. The molecular formula is C16H19N3O3S. The van der Waals surface area contributed by atoms with E-state index < -0.39 is 0 Å². The van der Waals surface area contributed by atoms with Crippen LogP contribution in [0.4, 0.5) is 0 Å². The molecule has 1 saturated heterocycles. The summed E-state index contributed by atoms with van der Waals surface area (Å²) in [5, 5.41) is 0.721. The number of thioether (sulfide) groups is 1. The van der Waals surface area contributed by atoms with Crippen molar-refractivity contribution in [2.24, 2.45) is 0 Å². The Hall–Kier alpha value is -1.86. The van der Waals surface area contributed by atoms with Gasteiger partial charge in [-0.25, -0.2) is 4.98 Å². The number of fused-ring (bicyclic) bond motifs is 1. The lowest BCUT2D eigenvalue weighted by molar-refractivity contribution is -0.130. The van der Waals surface area contributed by atoms with E-state index in [4.69, 9.17) is 4.74 Å². The molecule has 1 amide bonds. The standard InChI is InChI=1S/C16H19N3O3S/c1-11(15(21)19-7-4-9-22-10-8-19)23-16-17-13-6-3-2-5-12(13)14(20)18-16/h2-3,5-6,11H,4,7-10H2,1H3,(H,17,18,20). The lowest BCUT2D eigenvalue weighted by atomic mass is 10.2. The maximum Gasteiger partial charge on any atom is 0.259 e. The highest BCUT2D eigenvalue weighted by atomic mass is 32.2. The zero-order valence-electron chi connectivity index (χ0n) is 12.9. The smallest absolute Gasteiger partial charge is 0.259 e. The number of nitrogens with one attached hydrogen (secondary N) is 1. The van der Waals surface area contributed by atoms with Crippen LogP contribution in [-0.4, -0.2) is 52.3 Å². The number of H-pyrrole nitrogens is 1. The van der Waals surface area contributed by atoms with Gasteiger partial charge in [-0.05, 0) is 25.5 Å². The summed E-state index contributed by atoms with van der Waals surface area (Å²) in [6, 6.07) is 7.18. The van der Waals surface area contributed by atoms with Gasteiger partial charge in [0.1, 0.15) is 0 Å². The van der Waals surface area contributed by atoms with Gasteiger partial charge in [0.2, 0.25) is 5.91 Å². The van der Waals surface area contributed by atoms with Crippen molar-refractivity contribution in [3.63, 3.8) is 0 Å². The van der Waals surface area contributed by atoms with E-state index in [1.54, 1.807) is 18.2 Å². The van der Waals surface area contributed by atoms with E-state index in [9.17, 15) is 9.59 Å². The molecule has 1 unspecified atom stereocenters. The molecule has 0 saturated carbocycles. The van der Waals surface area contributed by atoms with E-state index in [0.717, 1.165) is 6.42 Å². The van der Waals surface area contributed by atoms with Crippen LogP contribution in [0.1, 0.15) is 13.3 Å². The molecule has 7 heteroatoms. The molecule has 0 aliphatic carbocycles. The van der Waals surface area contributed by atoms with Crippen LogP contribution in [0.25, 0.3) is 10.9 Å². The third kappa shape index (κ3) is 3.73. The molecule has 1 N–H and O–H groups in total. The fourth-order valence-corrected chi connectivity index (χ4v) is 3.45. The molecule has 6 nitrogen and oxygen atoms in total. The molecule has 1 aliphatic heterocycles. The van der Waals surface area contributed by atoms with Crippen LogP contribution in [-0.2, 0) is 9.53 Å². The molecular weight excluding hydrogens is 314 g/mol. The van der Waals surface area contributed by atoms with Gasteiger partial charge in [-0.3, -0.25) is 9.59 Å². The summed E-state index contributed by atoms with van der Waals surface area (Å²) < 4.78 is 5.38. The van der Waals surface area contributed by atoms with Gasteiger partial charge < -0.3 is 14.6 Å². The Morgan fingerprint density at radius 2 is 2.17 bits per heavy atom. The van der Waals surface area contributed by atoms with Crippen molar-refractivity contribution >= 4 is 28.6 Å². The predicted octanol–water partition coefficient (Wildman–Crippen LogP) is 1.65. The number of amides is 1. The monoisotopic (exact) mass is 333 g/mol. The third-order valence-corrected chi connectivity index (χ3v) is 4.73. The number of aromatic nitrogens is 2. The van der Waals surface area contributed by atoms with Crippen molar-refractivity contribution in [3.05, 3.63) is 34.6 Å². The average Bonchev–Trinajstić information content (AvgIpc) is 2.83. The number of rotatable bonds is 3. The van der Waals surface area contributed by atoms with E-state index in [-0.39, 0.29) is 16.7 Å². The molecule has 3 rings (SSSR count). The van der Waals surface area contributed by atoms with Crippen molar-refractivity contribution in [3.8, 4) is 0 Å². The number of carbonyl (C=O) groups excluding carboxylic acids is 1. The van der Waals surface area contributed by atoms with Crippen LogP contribution in [0.3, 0.4) is 0 Å². The van der Waals surface area contributed by atoms with Gasteiger partial charge in [0.25, 0.3) is 5.56 Å². The maximum atomic E-state index is 12.5. The SMILES string of the molecule is CC(Sc1nc2ccccc2c(=O)[nH]1)C(=O)N1CCCOCC1. The number of nitrogens with zero attached hydrogens (tertiary/aromatic N) is 2. The van der Waals surface area contributed by atoms with Gasteiger partial charge in [-0.1, -0.05) is 23.9 Å². The van der Waals surface area contributed by atoms with Crippen LogP contribution in [0.15, 0.2) is 34.2 Å². The summed E-state index contributed by atoms with van der Waals surface area (Å²) in [4.78, 5) is 33.6. The van der Waals surface area contributed by atoms with Crippen molar-refractivity contribution in [1.82, 2.24) is 14.9 Å². The number of para-hydroxylation sites is 1. The Balaban J connectivity index is 1.75. The largest absolute Gasteiger partial charge is 0.380 e. The molecule has 0 bridgehead atoms. The Kier molecular flexibility index (Phi) is 4.97. The molecule has 2 heterocycles.